The molecule has 0 aromatic heterocycles. The van der Waals surface area contributed by atoms with Crippen LogP contribution in [-0.4, -0.2) is 11.9 Å². The summed E-state index contributed by atoms with van der Waals surface area (Å²) in [6, 6.07) is 17.2. The first kappa shape index (κ1) is 11.0. The third-order valence-electron chi connectivity index (χ3n) is 3.07. The number of hydrogen-bond acceptors (Lipinski definition) is 3. The number of anilines is 1. The van der Waals surface area contributed by atoms with Crippen LogP contribution in [0, 0.1) is 0 Å². The lowest BCUT2D eigenvalue weighted by atomic mass is 10.1. The monoisotopic (exact) mass is 239 g/mol. The van der Waals surface area contributed by atoms with Gasteiger partial charge in [-0.2, -0.15) is 0 Å². The van der Waals surface area contributed by atoms with Crippen LogP contribution in [0.25, 0.3) is 0 Å². The molecule has 3 rings (SSSR count). The van der Waals surface area contributed by atoms with Crippen molar-refractivity contribution in [1.82, 2.24) is 0 Å². The van der Waals surface area contributed by atoms with Gasteiger partial charge in [-0.3, -0.25) is 15.1 Å². The second-order valence-electron chi connectivity index (χ2n) is 4.30. The van der Waals surface area contributed by atoms with Crippen LogP contribution in [0.4, 0.5) is 5.69 Å². The van der Waals surface area contributed by atoms with E-state index in [2.05, 4.69) is 5.48 Å². The number of hydrogen-bond donors (Lipinski definition) is 1. The third kappa shape index (κ3) is 2.00. The normalized spacial score (nSPS) is 17.6. The van der Waals surface area contributed by atoms with Gasteiger partial charge in [-0.1, -0.05) is 42.5 Å². The predicted molar refractivity (Wildman–Crippen MR) is 69.4 cm³/mol. The largest absolute Gasteiger partial charge is 0.291 e. The van der Waals surface area contributed by atoms with Crippen LogP contribution in [0.15, 0.2) is 54.6 Å². The summed E-state index contributed by atoms with van der Waals surface area (Å²) in [4.78, 5) is 17.5. The summed E-state index contributed by atoms with van der Waals surface area (Å²) >= 11 is 0. The van der Waals surface area contributed by atoms with Gasteiger partial charge in [-0.25, -0.2) is 0 Å². The molecule has 1 aliphatic carbocycles. The van der Waals surface area contributed by atoms with Crippen molar-refractivity contribution in [2.45, 2.75) is 12.5 Å². The maximum atomic E-state index is 12.1. The lowest BCUT2D eigenvalue weighted by molar-refractivity contribution is 0.0638. The zero-order chi connectivity index (χ0) is 12.4. The van der Waals surface area contributed by atoms with Gasteiger partial charge in [0, 0.05) is 12.0 Å². The lowest BCUT2D eigenvalue weighted by Crippen LogP contribution is -2.23. The van der Waals surface area contributed by atoms with Gasteiger partial charge in [-0.15, -0.1) is 0 Å². The van der Waals surface area contributed by atoms with Crippen LogP contribution in [0.2, 0.25) is 0 Å². The van der Waals surface area contributed by atoms with Gasteiger partial charge in [0.05, 0.1) is 5.69 Å². The average Bonchev–Trinajstić information content (AvgIpc) is 2.75. The average molecular weight is 239 g/mol. The zero-order valence-corrected chi connectivity index (χ0v) is 9.80. The molecular weight excluding hydrogens is 226 g/mol. The summed E-state index contributed by atoms with van der Waals surface area (Å²) in [6.07, 6.45) is 0.206. The molecule has 0 bridgehead atoms. The van der Waals surface area contributed by atoms with Gasteiger partial charge in [-0.05, 0) is 17.7 Å². The van der Waals surface area contributed by atoms with E-state index in [9.17, 15) is 4.79 Å². The first-order valence-corrected chi connectivity index (χ1v) is 5.93. The molecule has 0 fully saturated rings. The van der Waals surface area contributed by atoms with Crippen LogP contribution < -0.4 is 5.48 Å². The maximum absolute atomic E-state index is 12.1. The van der Waals surface area contributed by atoms with Crippen molar-refractivity contribution in [2.75, 3.05) is 5.48 Å². The topological polar surface area (TPSA) is 38.3 Å². The summed E-state index contributed by atoms with van der Waals surface area (Å²) < 4.78 is 0. The smallest absolute Gasteiger partial charge is 0.194 e. The minimum atomic E-state index is -0.428. The Morgan fingerprint density at radius 3 is 2.50 bits per heavy atom. The second kappa shape index (κ2) is 4.63. The summed E-state index contributed by atoms with van der Waals surface area (Å²) in [5.41, 5.74) is 5.51. The van der Waals surface area contributed by atoms with E-state index in [1.54, 1.807) is 0 Å². The molecule has 1 unspecified atom stereocenters. The van der Waals surface area contributed by atoms with Crippen LogP contribution in [0.1, 0.15) is 15.9 Å². The molecule has 3 nitrogen and oxygen atoms in total. The van der Waals surface area contributed by atoms with Crippen LogP contribution >= 0.6 is 0 Å². The minimum absolute atomic E-state index is 0.0500. The Morgan fingerprint density at radius 2 is 1.72 bits per heavy atom. The molecule has 2 aromatic rings. The van der Waals surface area contributed by atoms with Crippen molar-refractivity contribution in [3.63, 3.8) is 0 Å². The van der Waals surface area contributed by atoms with Crippen molar-refractivity contribution >= 4 is 11.5 Å². The lowest BCUT2D eigenvalue weighted by Gasteiger charge is -2.11. The summed E-state index contributed by atoms with van der Waals surface area (Å²) in [5, 5.41) is 0. The van der Waals surface area contributed by atoms with Crippen molar-refractivity contribution in [1.29, 1.82) is 0 Å². The molecule has 0 amide bonds. The molecule has 0 heterocycles. The van der Waals surface area contributed by atoms with E-state index in [1.165, 1.54) is 0 Å². The van der Waals surface area contributed by atoms with Crippen molar-refractivity contribution in [3.8, 4) is 0 Å². The Kier molecular flexibility index (Phi) is 2.82. The molecule has 0 saturated carbocycles. The number of fused-ring (bicyclic) bond motifs is 1. The Balaban J connectivity index is 1.68. The molecule has 0 aliphatic heterocycles. The van der Waals surface area contributed by atoms with Crippen LogP contribution in [0.5, 0.6) is 0 Å². The van der Waals surface area contributed by atoms with Crippen molar-refractivity contribution in [2.24, 2.45) is 0 Å². The molecule has 1 N–H and O–H groups in total. The number of benzene rings is 2. The Labute approximate surface area is 105 Å². The first-order valence-electron chi connectivity index (χ1n) is 5.93. The highest BCUT2D eigenvalue weighted by Crippen LogP contribution is 2.24. The number of nitrogens with one attached hydrogen (secondary N) is 1. The standard InChI is InChI=1S/C15H13NO2/c17-15-13-9-5-4-6-11(13)10-14(15)18-16-12-7-2-1-3-8-12/h1-9,14,16H,10H2. The van der Waals surface area contributed by atoms with Crippen LogP contribution in [0.3, 0.4) is 0 Å². The molecule has 3 heteroatoms. The quantitative estimate of drug-likeness (QED) is 0.837. The predicted octanol–water partition coefficient (Wildman–Crippen LogP) is 2.84. The molecule has 18 heavy (non-hydrogen) atoms. The van der Waals surface area contributed by atoms with Crippen molar-refractivity contribution in [3.05, 3.63) is 65.7 Å². The van der Waals surface area contributed by atoms with Gasteiger partial charge < -0.3 is 0 Å². The van der Waals surface area contributed by atoms with E-state index in [-0.39, 0.29) is 5.78 Å². The maximum Gasteiger partial charge on any atom is 0.194 e. The van der Waals surface area contributed by atoms with E-state index >= 15 is 0 Å². The van der Waals surface area contributed by atoms with Gasteiger partial charge in [0.15, 0.2) is 11.9 Å². The van der Waals surface area contributed by atoms with Gasteiger partial charge in [0.2, 0.25) is 0 Å². The highest BCUT2D eigenvalue weighted by atomic mass is 16.7. The second-order valence-corrected chi connectivity index (χ2v) is 4.30. The fourth-order valence-electron chi connectivity index (χ4n) is 2.15. The number of rotatable bonds is 3. The number of ketones is 1. The summed E-state index contributed by atoms with van der Waals surface area (Å²) in [5.74, 6) is 0.0500. The molecule has 0 saturated heterocycles. The molecule has 1 atom stereocenters. The van der Waals surface area contributed by atoms with E-state index in [4.69, 9.17) is 4.84 Å². The molecule has 0 radical (unpaired) electrons. The molecule has 0 spiro atoms. The summed E-state index contributed by atoms with van der Waals surface area (Å²) in [6.45, 7) is 0. The first-order chi connectivity index (χ1) is 8.84. The fourth-order valence-corrected chi connectivity index (χ4v) is 2.15. The number of Topliss-reactive ketones (excluding diaryl/α,β-unsaturated/α-hetero) is 1. The molecule has 90 valence electrons. The van der Waals surface area contributed by atoms with E-state index < -0.39 is 6.10 Å². The highest BCUT2D eigenvalue weighted by molar-refractivity contribution is 6.03. The SMILES string of the molecule is O=C1c2ccccc2CC1ONc1ccccc1. The van der Waals surface area contributed by atoms with Crippen LogP contribution in [-0.2, 0) is 11.3 Å². The van der Waals surface area contributed by atoms with E-state index in [0.29, 0.717) is 6.42 Å². The Bertz CT molecular complexity index is 566. The van der Waals surface area contributed by atoms with Gasteiger partial charge in [0.1, 0.15) is 0 Å². The fraction of sp³-hybridized carbons (Fsp3) is 0.133. The zero-order valence-electron chi connectivity index (χ0n) is 9.80. The Hall–Kier alpha value is -2.13. The third-order valence-corrected chi connectivity index (χ3v) is 3.07. The van der Waals surface area contributed by atoms with E-state index in [0.717, 1.165) is 16.8 Å². The number of para-hydroxylation sites is 1. The van der Waals surface area contributed by atoms with Gasteiger partial charge in [0.25, 0.3) is 0 Å². The minimum Gasteiger partial charge on any atom is -0.291 e. The summed E-state index contributed by atoms with van der Waals surface area (Å²) in [7, 11) is 0. The highest BCUT2D eigenvalue weighted by Gasteiger charge is 2.31. The molecular formula is C15H13NO2. The van der Waals surface area contributed by atoms with E-state index in [1.807, 2.05) is 54.6 Å². The molecule has 1 aliphatic rings. The number of carbonyl (C=O) groups is 1. The van der Waals surface area contributed by atoms with Crippen molar-refractivity contribution < 1.29 is 9.63 Å². The number of carbonyl (C=O) groups excluding carboxylic acids is 1. The Morgan fingerprint density at radius 1 is 1.00 bits per heavy atom. The van der Waals surface area contributed by atoms with Gasteiger partial charge >= 0.3 is 0 Å². The molecule has 2 aromatic carbocycles.